The summed E-state index contributed by atoms with van der Waals surface area (Å²) in [6, 6.07) is 10.6. The van der Waals surface area contributed by atoms with Crippen LogP contribution in [0.25, 0.3) is 0 Å². The summed E-state index contributed by atoms with van der Waals surface area (Å²) in [6.07, 6.45) is 1.74. The summed E-state index contributed by atoms with van der Waals surface area (Å²) < 4.78 is 27.5. The average molecular weight is 475 g/mol. The highest BCUT2D eigenvalue weighted by Crippen LogP contribution is 2.32. The van der Waals surface area contributed by atoms with E-state index < -0.39 is 14.9 Å². The molecule has 0 aromatic heterocycles. The van der Waals surface area contributed by atoms with Gasteiger partial charge < -0.3 is 10.2 Å². The molecule has 1 N–H and O–H groups in total. The van der Waals surface area contributed by atoms with Crippen LogP contribution in [0.1, 0.15) is 44.0 Å². The fraction of sp³-hybridized carbons (Fsp3) is 0.435. The van der Waals surface area contributed by atoms with Gasteiger partial charge in [0.25, 0.3) is 11.6 Å². The molecule has 1 unspecified atom stereocenters. The maximum atomic E-state index is 13.0. The predicted octanol–water partition coefficient (Wildman–Crippen LogP) is 4.24. The molecule has 0 spiro atoms. The van der Waals surface area contributed by atoms with E-state index in [1.807, 2.05) is 20.8 Å². The predicted molar refractivity (Wildman–Crippen MR) is 127 cm³/mol. The summed E-state index contributed by atoms with van der Waals surface area (Å²) in [6.45, 7) is 7.85. The molecule has 2 aromatic rings. The Morgan fingerprint density at radius 3 is 2.42 bits per heavy atom. The van der Waals surface area contributed by atoms with Crippen LogP contribution < -0.4 is 5.32 Å². The van der Waals surface area contributed by atoms with Crippen molar-refractivity contribution in [3.05, 3.63) is 58.1 Å². The van der Waals surface area contributed by atoms with Crippen molar-refractivity contribution in [3.8, 4) is 0 Å². The molecule has 178 valence electrons. The van der Waals surface area contributed by atoms with Gasteiger partial charge in [-0.25, -0.2) is 8.42 Å². The Bertz CT molecular complexity index is 1110. The lowest BCUT2D eigenvalue weighted by Crippen LogP contribution is -2.39. The Labute approximate surface area is 194 Å². The third kappa shape index (κ3) is 5.51. The van der Waals surface area contributed by atoms with E-state index in [2.05, 4.69) is 5.32 Å². The van der Waals surface area contributed by atoms with Crippen molar-refractivity contribution in [1.82, 2.24) is 9.21 Å². The highest BCUT2D eigenvalue weighted by Gasteiger charge is 2.30. The minimum Gasteiger partial charge on any atom is -0.350 e. The van der Waals surface area contributed by atoms with Crippen LogP contribution in [-0.4, -0.2) is 54.6 Å². The molecule has 3 rings (SSSR count). The Hall–Kier alpha value is -2.98. The second-order valence-electron chi connectivity index (χ2n) is 8.23. The van der Waals surface area contributed by atoms with Gasteiger partial charge in [0.2, 0.25) is 10.0 Å². The number of carbonyl (C=O) groups excluding carboxylic acids is 1. The first-order valence-electron chi connectivity index (χ1n) is 11.1. The van der Waals surface area contributed by atoms with Crippen molar-refractivity contribution < 1.29 is 18.1 Å². The molecule has 1 aliphatic rings. The van der Waals surface area contributed by atoms with Crippen LogP contribution in [0.4, 0.5) is 17.1 Å². The molecule has 33 heavy (non-hydrogen) atoms. The number of hydrogen-bond donors (Lipinski definition) is 1. The molecule has 10 heteroatoms. The van der Waals surface area contributed by atoms with Gasteiger partial charge in [0.1, 0.15) is 5.69 Å². The topological polar surface area (TPSA) is 113 Å². The molecule has 1 atom stereocenters. The van der Waals surface area contributed by atoms with Crippen LogP contribution in [0, 0.1) is 16.0 Å². The lowest BCUT2D eigenvalue weighted by molar-refractivity contribution is -0.384. The van der Waals surface area contributed by atoms with Crippen molar-refractivity contribution in [2.75, 3.05) is 31.5 Å². The first-order chi connectivity index (χ1) is 15.7. The summed E-state index contributed by atoms with van der Waals surface area (Å²) in [7, 11) is -3.81. The van der Waals surface area contributed by atoms with E-state index in [0.717, 1.165) is 18.9 Å². The third-order valence-corrected chi connectivity index (χ3v) is 7.75. The largest absolute Gasteiger partial charge is 0.350 e. The molecular formula is C23H30N4O5S. The van der Waals surface area contributed by atoms with E-state index in [1.54, 1.807) is 29.2 Å². The van der Waals surface area contributed by atoms with Gasteiger partial charge in [-0.3, -0.25) is 14.9 Å². The van der Waals surface area contributed by atoms with Gasteiger partial charge in [-0.2, -0.15) is 4.31 Å². The number of nitrogens with zero attached hydrogens (tertiary/aromatic N) is 3. The van der Waals surface area contributed by atoms with Crippen LogP contribution in [0.2, 0.25) is 0 Å². The van der Waals surface area contributed by atoms with Gasteiger partial charge in [-0.05, 0) is 69.0 Å². The molecule has 2 aromatic carbocycles. The normalized spacial score (nSPS) is 16.9. The van der Waals surface area contributed by atoms with Crippen molar-refractivity contribution in [2.45, 2.75) is 38.5 Å². The van der Waals surface area contributed by atoms with Gasteiger partial charge >= 0.3 is 0 Å². The summed E-state index contributed by atoms with van der Waals surface area (Å²) >= 11 is 0. The molecule has 1 fully saturated rings. The Balaban J connectivity index is 1.84. The van der Waals surface area contributed by atoms with Crippen LogP contribution in [-0.2, 0) is 10.0 Å². The number of anilines is 2. The lowest BCUT2D eigenvalue weighted by Gasteiger charge is -2.30. The van der Waals surface area contributed by atoms with Crippen LogP contribution >= 0.6 is 0 Å². The smallest absolute Gasteiger partial charge is 0.294 e. The SMILES string of the molecule is CCN(CC)C(=O)c1ccc(Nc2ccc(S(=O)(=O)N3CCCC(C)C3)cc2[N+](=O)[O-])cc1. The van der Waals surface area contributed by atoms with E-state index in [-0.39, 0.29) is 28.1 Å². The quantitative estimate of drug-likeness (QED) is 0.452. The number of amides is 1. The second-order valence-corrected chi connectivity index (χ2v) is 10.2. The Morgan fingerprint density at radius 1 is 1.18 bits per heavy atom. The van der Waals surface area contributed by atoms with E-state index in [1.165, 1.54) is 16.4 Å². The molecule has 1 aliphatic heterocycles. The number of sulfonamides is 1. The molecule has 0 saturated carbocycles. The molecule has 0 aliphatic carbocycles. The standard InChI is InChI=1S/C23H30N4O5S/c1-4-25(5-2)23(28)18-8-10-19(11-9-18)24-21-13-12-20(15-22(21)27(29)30)33(31,32)26-14-6-7-17(3)16-26/h8-13,15,17,24H,4-7,14,16H2,1-3H3. The van der Waals surface area contributed by atoms with Crippen molar-refractivity contribution in [1.29, 1.82) is 0 Å². The first kappa shape index (κ1) is 24.7. The van der Waals surface area contributed by atoms with Crippen LogP contribution in [0.3, 0.4) is 0 Å². The highest BCUT2D eigenvalue weighted by molar-refractivity contribution is 7.89. The number of hydrogen-bond acceptors (Lipinski definition) is 6. The fourth-order valence-corrected chi connectivity index (χ4v) is 5.61. The summed E-state index contributed by atoms with van der Waals surface area (Å²) in [4.78, 5) is 25.2. The van der Waals surface area contributed by atoms with Crippen molar-refractivity contribution >= 4 is 33.0 Å². The monoisotopic (exact) mass is 474 g/mol. The van der Waals surface area contributed by atoms with Gasteiger partial charge in [0, 0.05) is 43.5 Å². The van der Waals surface area contributed by atoms with Gasteiger partial charge in [-0.1, -0.05) is 6.92 Å². The van der Waals surface area contributed by atoms with E-state index in [9.17, 15) is 23.3 Å². The molecule has 9 nitrogen and oxygen atoms in total. The molecule has 1 amide bonds. The van der Waals surface area contributed by atoms with E-state index in [4.69, 9.17) is 0 Å². The first-order valence-corrected chi connectivity index (χ1v) is 12.6. The summed E-state index contributed by atoms with van der Waals surface area (Å²) in [5.74, 6) is 0.167. The minimum atomic E-state index is -3.81. The number of nitro benzene ring substituents is 1. The van der Waals surface area contributed by atoms with E-state index in [0.29, 0.717) is 37.4 Å². The number of carbonyl (C=O) groups is 1. The average Bonchev–Trinajstić information content (AvgIpc) is 2.80. The van der Waals surface area contributed by atoms with Crippen molar-refractivity contribution in [3.63, 3.8) is 0 Å². The molecule has 0 radical (unpaired) electrons. The zero-order valence-corrected chi connectivity index (χ0v) is 20.0. The maximum Gasteiger partial charge on any atom is 0.294 e. The van der Waals surface area contributed by atoms with Gasteiger partial charge in [0.15, 0.2) is 0 Å². The minimum absolute atomic E-state index is 0.0841. The number of rotatable bonds is 8. The van der Waals surface area contributed by atoms with E-state index >= 15 is 0 Å². The maximum absolute atomic E-state index is 13.0. The van der Waals surface area contributed by atoms with Gasteiger partial charge in [-0.15, -0.1) is 0 Å². The zero-order valence-electron chi connectivity index (χ0n) is 19.2. The van der Waals surface area contributed by atoms with Crippen LogP contribution in [0.15, 0.2) is 47.4 Å². The van der Waals surface area contributed by atoms with Gasteiger partial charge in [0.05, 0.1) is 9.82 Å². The Kier molecular flexibility index (Phi) is 7.70. The number of nitrogens with one attached hydrogen (secondary N) is 1. The molecule has 1 heterocycles. The summed E-state index contributed by atoms with van der Waals surface area (Å²) in [5, 5.41) is 14.7. The van der Waals surface area contributed by atoms with Crippen molar-refractivity contribution in [2.24, 2.45) is 5.92 Å². The number of nitro groups is 1. The third-order valence-electron chi connectivity index (χ3n) is 5.88. The number of piperidine rings is 1. The summed E-state index contributed by atoms with van der Waals surface area (Å²) in [5.41, 5.74) is 0.920. The molecule has 1 saturated heterocycles. The second kappa shape index (κ2) is 10.3. The van der Waals surface area contributed by atoms with Crippen LogP contribution in [0.5, 0.6) is 0 Å². The number of benzene rings is 2. The molecular weight excluding hydrogens is 444 g/mol. The zero-order chi connectivity index (χ0) is 24.2. The highest BCUT2D eigenvalue weighted by atomic mass is 32.2. The Morgan fingerprint density at radius 2 is 1.85 bits per heavy atom. The molecule has 0 bridgehead atoms. The fourth-order valence-electron chi connectivity index (χ4n) is 3.99. The lowest BCUT2D eigenvalue weighted by atomic mass is 10.0.